The summed E-state index contributed by atoms with van der Waals surface area (Å²) in [6.07, 6.45) is 1.17. The second-order valence-corrected chi connectivity index (χ2v) is 13.3. The van der Waals surface area contributed by atoms with Crippen molar-refractivity contribution in [3.8, 4) is 11.1 Å². The summed E-state index contributed by atoms with van der Waals surface area (Å²) in [6.45, 7) is 10.1. The quantitative estimate of drug-likeness (QED) is 0.356. The number of benzene rings is 2. The number of hydrogen-bond acceptors (Lipinski definition) is 0. The standard InChI is InChI=1S/C13H9.C4H10N.C2H6Si.2ClH.Ti/c1-3-7-12-10(5-1)9-11-6-2-4-8-13(11)12;1-4(2,3)5;1-3-2;;;/h1-5,7-8H,9H2;5H,1-3H3;1-2H3;2*1H;/q2*-1;;;;+2/p-2. The molecular formula is C19H25Cl2NSiTi-2. The second kappa shape index (κ2) is 12.3. The molecule has 0 aromatic heterocycles. The van der Waals surface area contributed by atoms with Crippen molar-refractivity contribution in [2.75, 3.05) is 0 Å². The normalized spacial score (nSPS) is 10.3. The van der Waals surface area contributed by atoms with Gasteiger partial charge in [0.05, 0.1) is 0 Å². The fourth-order valence-electron chi connectivity index (χ4n) is 2.00. The number of rotatable bonds is 0. The zero-order valence-corrected chi connectivity index (χ0v) is 19.1. The first-order valence-corrected chi connectivity index (χ1v) is 12.4. The Morgan fingerprint density at radius 3 is 2.00 bits per heavy atom. The van der Waals surface area contributed by atoms with E-state index >= 15 is 0 Å². The largest absolute Gasteiger partial charge is 1.00 e. The predicted molar refractivity (Wildman–Crippen MR) is 95.1 cm³/mol. The maximum atomic E-state index is 6.94. The van der Waals surface area contributed by atoms with Crippen LogP contribution in [0.5, 0.6) is 0 Å². The van der Waals surface area contributed by atoms with Crippen molar-refractivity contribution < 1.29 is 44.0 Å². The first-order chi connectivity index (χ1) is 10.2. The molecule has 1 aliphatic carbocycles. The van der Waals surface area contributed by atoms with Crippen LogP contribution in [0.15, 0.2) is 42.5 Å². The molecule has 0 spiro atoms. The van der Waals surface area contributed by atoms with Gasteiger partial charge in [0.15, 0.2) is 0 Å². The fourth-order valence-corrected chi connectivity index (χ4v) is 2.00. The summed E-state index contributed by atoms with van der Waals surface area (Å²) < 4.78 is 0. The van der Waals surface area contributed by atoms with Crippen LogP contribution in [-0.2, 0) is 25.6 Å². The van der Waals surface area contributed by atoms with Gasteiger partial charge in [-0.1, -0.05) is 56.2 Å². The van der Waals surface area contributed by atoms with Crippen LogP contribution in [0.3, 0.4) is 0 Å². The summed E-state index contributed by atoms with van der Waals surface area (Å²) in [5.74, 6) is 0. The third-order valence-electron chi connectivity index (χ3n) is 2.62. The molecule has 0 unspecified atom stereocenters. The average Bonchev–Trinajstić information content (AvgIpc) is 2.74. The second-order valence-electron chi connectivity index (χ2n) is 6.65. The Labute approximate surface area is 171 Å². The molecule has 130 valence electrons. The average molecular weight is 414 g/mol. The summed E-state index contributed by atoms with van der Waals surface area (Å²) in [4.78, 5) is 0. The number of halogens is 2. The van der Waals surface area contributed by atoms with E-state index in [9.17, 15) is 0 Å². The van der Waals surface area contributed by atoms with E-state index in [4.69, 9.17) is 5.73 Å². The van der Waals surface area contributed by atoms with Gasteiger partial charge in [0.2, 0.25) is 0 Å². The Bertz CT molecular complexity index is 586. The van der Waals surface area contributed by atoms with Crippen molar-refractivity contribution in [2.24, 2.45) is 0 Å². The van der Waals surface area contributed by atoms with Crippen LogP contribution in [0.4, 0.5) is 0 Å². The Balaban J connectivity index is 0. The number of nitrogens with one attached hydrogen (secondary N) is 1. The SMILES string of the molecule is CC(C)(C)[NH-].C[Si](C)=[Ti+2].[Cl-].[Cl-].[c-]1cccc2c1Cc1ccccc1-2. The topological polar surface area (TPSA) is 23.8 Å². The third kappa shape index (κ3) is 10.7. The van der Waals surface area contributed by atoms with E-state index in [0.29, 0.717) is 0 Å². The van der Waals surface area contributed by atoms with Crippen molar-refractivity contribution in [1.82, 2.24) is 0 Å². The Kier molecular flexibility index (Phi) is 13.4. The summed E-state index contributed by atoms with van der Waals surface area (Å²) in [5.41, 5.74) is 12.2. The molecule has 0 heterocycles. The van der Waals surface area contributed by atoms with Gasteiger partial charge in [0, 0.05) is 0 Å². The molecule has 0 aliphatic heterocycles. The Morgan fingerprint density at radius 2 is 1.46 bits per heavy atom. The fraction of sp³-hybridized carbons (Fsp3) is 0.368. The van der Waals surface area contributed by atoms with Crippen molar-refractivity contribution >= 4 is 6.19 Å². The van der Waals surface area contributed by atoms with Crippen LogP contribution in [0.1, 0.15) is 31.9 Å². The monoisotopic (exact) mass is 413 g/mol. The van der Waals surface area contributed by atoms with E-state index < -0.39 is 0 Å². The molecule has 0 saturated heterocycles. The van der Waals surface area contributed by atoms with Gasteiger partial charge in [0.25, 0.3) is 0 Å². The van der Waals surface area contributed by atoms with Crippen molar-refractivity contribution in [3.05, 3.63) is 65.4 Å². The Hall–Kier alpha value is -0.0888. The molecule has 2 aromatic carbocycles. The van der Waals surface area contributed by atoms with Crippen molar-refractivity contribution in [2.45, 2.75) is 45.8 Å². The van der Waals surface area contributed by atoms with Gasteiger partial charge >= 0.3 is 38.5 Å². The van der Waals surface area contributed by atoms with Crippen LogP contribution in [-0.4, -0.2) is 11.7 Å². The van der Waals surface area contributed by atoms with E-state index in [1.165, 1.54) is 22.3 Å². The zero-order valence-electron chi connectivity index (χ0n) is 15.0. The number of fused-ring (bicyclic) bond motifs is 3. The molecule has 0 fully saturated rings. The van der Waals surface area contributed by atoms with Crippen LogP contribution in [0.2, 0.25) is 13.1 Å². The van der Waals surface area contributed by atoms with E-state index in [1.807, 2.05) is 26.8 Å². The molecule has 0 bridgehead atoms. The van der Waals surface area contributed by atoms with Crippen molar-refractivity contribution in [1.29, 1.82) is 0 Å². The van der Waals surface area contributed by atoms with Crippen molar-refractivity contribution in [3.63, 3.8) is 0 Å². The maximum Gasteiger partial charge on any atom is -0.0253 e. The number of hydrogen-bond donors (Lipinski definition) is 0. The predicted octanol–water partition coefficient (Wildman–Crippen LogP) is -0.313. The first kappa shape index (κ1) is 26.1. The van der Waals surface area contributed by atoms with E-state index in [-0.39, 0.29) is 36.5 Å². The molecule has 0 radical (unpaired) electrons. The molecule has 1 N–H and O–H groups in total. The minimum absolute atomic E-state index is 0. The molecule has 24 heavy (non-hydrogen) atoms. The summed E-state index contributed by atoms with van der Waals surface area (Å²) >= 11 is 2.27. The van der Waals surface area contributed by atoms with Gasteiger partial charge in [-0.25, -0.2) is 0 Å². The van der Waals surface area contributed by atoms with Crippen LogP contribution < -0.4 is 24.8 Å². The summed E-state index contributed by atoms with van der Waals surface area (Å²) in [5, 5.41) is 0. The molecule has 5 heteroatoms. The van der Waals surface area contributed by atoms with E-state index in [2.05, 4.69) is 74.7 Å². The molecule has 1 nitrogen and oxygen atoms in total. The Morgan fingerprint density at radius 1 is 1.00 bits per heavy atom. The van der Waals surface area contributed by atoms with Crippen LogP contribution >= 0.6 is 0 Å². The molecule has 0 amide bonds. The third-order valence-corrected chi connectivity index (χ3v) is 2.62. The minimum atomic E-state index is -0.250. The van der Waals surface area contributed by atoms with Crippen LogP contribution in [0, 0.1) is 6.07 Å². The first-order valence-electron chi connectivity index (χ1n) is 7.53. The summed E-state index contributed by atoms with van der Waals surface area (Å²) in [7, 11) is 0. The van der Waals surface area contributed by atoms with Gasteiger partial charge in [-0.05, 0) is 6.42 Å². The zero-order chi connectivity index (χ0) is 16.8. The molecule has 0 saturated carbocycles. The smallest absolute Gasteiger partial charge is 0.0253 e. The molecule has 2 aromatic rings. The van der Waals surface area contributed by atoms with Gasteiger partial charge in [0.1, 0.15) is 0 Å². The minimum Gasteiger partial charge on any atom is -1.00 e. The van der Waals surface area contributed by atoms with E-state index in [0.717, 1.165) is 6.42 Å². The van der Waals surface area contributed by atoms with Gasteiger partial charge in [-0.15, -0.1) is 11.1 Å². The van der Waals surface area contributed by atoms with Gasteiger partial charge in [-0.3, -0.25) is 0 Å². The molecule has 0 atom stereocenters. The molecule has 1 aliphatic rings. The molecular weight excluding hydrogens is 389 g/mol. The van der Waals surface area contributed by atoms with Crippen LogP contribution in [0.25, 0.3) is 16.9 Å². The van der Waals surface area contributed by atoms with Gasteiger partial charge in [-0.2, -0.15) is 29.8 Å². The maximum absolute atomic E-state index is 6.94. The van der Waals surface area contributed by atoms with E-state index in [1.54, 1.807) is 0 Å². The molecule has 3 rings (SSSR count). The van der Waals surface area contributed by atoms with Gasteiger partial charge < -0.3 is 30.5 Å². The summed E-state index contributed by atoms with van der Waals surface area (Å²) in [6, 6.07) is 18.1.